The summed E-state index contributed by atoms with van der Waals surface area (Å²) in [6, 6.07) is 0. The molecule has 0 N–H and O–H groups in total. The highest BCUT2D eigenvalue weighted by Crippen LogP contribution is 2.37. The molecule has 0 aliphatic heterocycles. The second-order valence-electron chi connectivity index (χ2n) is 4.76. The van der Waals surface area contributed by atoms with Gasteiger partial charge in [0.15, 0.2) is 0 Å². The molecule has 0 aromatic carbocycles. The first-order chi connectivity index (χ1) is 7.22. The minimum absolute atomic E-state index is 0.490. The van der Waals surface area contributed by atoms with Gasteiger partial charge in [0.2, 0.25) is 0 Å². The van der Waals surface area contributed by atoms with Crippen molar-refractivity contribution in [1.29, 1.82) is 0 Å². The van der Waals surface area contributed by atoms with Crippen LogP contribution in [0.25, 0.3) is 0 Å². The molecule has 2 rings (SSSR count). The summed E-state index contributed by atoms with van der Waals surface area (Å²) in [7, 11) is 0. The number of nitrogens with zero attached hydrogens (tertiary/aromatic N) is 3. The van der Waals surface area contributed by atoms with Crippen LogP contribution < -0.4 is 0 Å². The van der Waals surface area contributed by atoms with Crippen LogP contribution in [0.15, 0.2) is 0 Å². The predicted octanol–water partition coefficient (Wildman–Crippen LogP) is 2.94. The number of hydrogen-bond donors (Lipinski definition) is 0. The average Bonchev–Trinajstić information content (AvgIpc) is 2.45. The monoisotopic (exact) mass is 227 g/mol. The van der Waals surface area contributed by atoms with Crippen molar-refractivity contribution in [3.8, 4) is 0 Å². The highest BCUT2D eigenvalue weighted by Gasteiger charge is 2.27. The van der Waals surface area contributed by atoms with E-state index in [1.165, 1.54) is 25.0 Å². The number of aromatic nitrogens is 3. The van der Waals surface area contributed by atoms with Crippen LogP contribution in [0, 0.1) is 5.92 Å². The third-order valence-electron chi connectivity index (χ3n) is 3.00. The van der Waals surface area contributed by atoms with Crippen LogP contribution in [-0.2, 0) is 12.4 Å². The molecule has 1 aromatic rings. The van der Waals surface area contributed by atoms with Gasteiger partial charge in [0.25, 0.3) is 0 Å². The van der Waals surface area contributed by atoms with Crippen LogP contribution in [0.4, 0.5) is 0 Å². The van der Waals surface area contributed by atoms with Crippen molar-refractivity contribution < 1.29 is 0 Å². The molecule has 4 heteroatoms. The van der Waals surface area contributed by atoms with Gasteiger partial charge in [-0.1, -0.05) is 25.5 Å². The van der Waals surface area contributed by atoms with Crippen molar-refractivity contribution in [3.63, 3.8) is 0 Å². The smallest absolute Gasteiger partial charge is 0.101 e. The molecule has 1 aliphatic carbocycles. The van der Waals surface area contributed by atoms with Crippen LogP contribution >= 0.6 is 11.6 Å². The highest BCUT2D eigenvalue weighted by molar-refractivity contribution is 6.16. The molecule has 1 aliphatic rings. The van der Waals surface area contributed by atoms with Crippen molar-refractivity contribution in [1.82, 2.24) is 15.0 Å². The minimum Gasteiger partial charge on any atom is -0.249 e. The molecule has 15 heavy (non-hydrogen) atoms. The Morgan fingerprint density at radius 1 is 1.47 bits per heavy atom. The molecular formula is C11H18ClN3. The molecule has 0 unspecified atom stereocenters. The molecule has 0 radical (unpaired) electrons. The summed E-state index contributed by atoms with van der Waals surface area (Å²) in [6.07, 6.45) is 3.88. The summed E-state index contributed by atoms with van der Waals surface area (Å²) in [5.41, 5.74) is 2.28. The maximum absolute atomic E-state index is 5.89. The zero-order chi connectivity index (χ0) is 10.8. The van der Waals surface area contributed by atoms with E-state index < -0.39 is 0 Å². The van der Waals surface area contributed by atoms with E-state index in [-0.39, 0.29) is 0 Å². The Balaban J connectivity index is 2.24. The summed E-state index contributed by atoms with van der Waals surface area (Å²) < 4.78 is 2.06. The van der Waals surface area contributed by atoms with Gasteiger partial charge in [-0.15, -0.1) is 16.7 Å². The van der Waals surface area contributed by atoms with Crippen molar-refractivity contribution >= 4 is 11.6 Å². The lowest BCUT2D eigenvalue weighted by Gasteiger charge is -2.26. The fraction of sp³-hybridized carbons (Fsp3) is 0.818. The van der Waals surface area contributed by atoms with E-state index in [1.54, 1.807) is 0 Å². The Kier molecular flexibility index (Phi) is 3.29. The van der Waals surface area contributed by atoms with Crippen molar-refractivity contribution in [2.45, 2.75) is 51.5 Å². The van der Waals surface area contributed by atoms with Crippen LogP contribution in [0.3, 0.4) is 0 Å². The van der Waals surface area contributed by atoms with Gasteiger partial charge in [0.05, 0.1) is 11.6 Å². The van der Waals surface area contributed by atoms with E-state index in [9.17, 15) is 0 Å². The standard InChI is InChI=1S/C11H18ClN3/c1-8(2)7-15-11(9-4-3-5-9)10(6-12)13-14-15/h8-9H,3-7H2,1-2H3. The van der Waals surface area contributed by atoms with Crippen LogP contribution in [0.5, 0.6) is 0 Å². The molecule has 0 spiro atoms. The van der Waals surface area contributed by atoms with E-state index in [0.29, 0.717) is 17.7 Å². The van der Waals surface area contributed by atoms with Crippen LogP contribution in [0.2, 0.25) is 0 Å². The Hall–Kier alpha value is -0.570. The summed E-state index contributed by atoms with van der Waals surface area (Å²) in [5, 5.41) is 8.38. The van der Waals surface area contributed by atoms with Gasteiger partial charge >= 0.3 is 0 Å². The Bertz CT molecular complexity index is 329. The molecule has 1 saturated carbocycles. The fourth-order valence-corrected chi connectivity index (χ4v) is 2.25. The first-order valence-electron chi connectivity index (χ1n) is 5.70. The molecule has 0 amide bonds. The largest absolute Gasteiger partial charge is 0.249 e. The van der Waals surface area contributed by atoms with Gasteiger partial charge in [0, 0.05) is 12.5 Å². The Labute approximate surface area is 95.8 Å². The third-order valence-corrected chi connectivity index (χ3v) is 3.26. The lowest BCUT2D eigenvalue weighted by molar-refractivity contribution is 0.370. The molecule has 0 bridgehead atoms. The topological polar surface area (TPSA) is 30.7 Å². The summed E-state index contributed by atoms with van der Waals surface area (Å²) in [5.74, 6) is 1.76. The van der Waals surface area contributed by atoms with Gasteiger partial charge in [0.1, 0.15) is 5.69 Å². The maximum atomic E-state index is 5.89. The van der Waals surface area contributed by atoms with Crippen molar-refractivity contribution in [2.75, 3.05) is 0 Å². The number of halogens is 1. The molecule has 84 valence electrons. The lowest BCUT2D eigenvalue weighted by Crippen LogP contribution is -2.18. The van der Waals surface area contributed by atoms with E-state index >= 15 is 0 Å². The van der Waals surface area contributed by atoms with Gasteiger partial charge in [-0.05, 0) is 18.8 Å². The molecular weight excluding hydrogens is 210 g/mol. The normalized spacial score (nSPS) is 17.1. The first kappa shape index (κ1) is 10.9. The SMILES string of the molecule is CC(C)Cn1nnc(CCl)c1C1CCC1. The van der Waals surface area contributed by atoms with E-state index in [0.717, 1.165) is 12.2 Å². The number of hydrogen-bond acceptors (Lipinski definition) is 2. The predicted molar refractivity (Wildman–Crippen MR) is 61.0 cm³/mol. The van der Waals surface area contributed by atoms with Gasteiger partial charge < -0.3 is 0 Å². The molecule has 1 fully saturated rings. The second kappa shape index (κ2) is 4.52. The van der Waals surface area contributed by atoms with E-state index in [2.05, 4.69) is 28.8 Å². The summed E-state index contributed by atoms with van der Waals surface area (Å²) in [4.78, 5) is 0. The fourth-order valence-electron chi connectivity index (χ4n) is 2.06. The van der Waals surface area contributed by atoms with Gasteiger partial charge in [-0.25, -0.2) is 4.68 Å². The van der Waals surface area contributed by atoms with Gasteiger partial charge in [-0.3, -0.25) is 0 Å². The number of alkyl halides is 1. The third kappa shape index (κ3) is 2.17. The molecule has 1 aromatic heterocycles. The van der Waals surface area contributed by atoms with E-state index in [4.69, 9.17) is 11.6 Å². The summed E-state index contributed by atoms with van der Waals surface area (Å²) >= 11 is 5.89. The number of rotatable bonds is 4. The van der Waals surface area contributed by atoms with Crippen LogP contribution in [-0.4, -0.2) is 15.0 Å². The summed E-state index contributed by atoms with van der Waals surface area (Å²) in [6.45, 7) is 5.36. The quantitative estimate of drug-likeness (QED) is 0.741. The van der Waals surface area contributed by atoms with Crippen molar-refractivity contribution in [2.24, 2.45) is 5.92 Å². The molecule has 3 nitrogen and oxygen atoms in total. The van der Waals surface area contributed by atoms with Gasteiger partial charge in [-0.2, -0.15) is 0 Å². The zero-order valence-corrected chi connectivity index (χ0v) is 10.2. The molecule has 0 saturated heterocycles. The molecule has 1 heterocycles. The lowest BCUT2D eigenvalue weighted by atomic mass is 9.82. The molecule has 0 atom stereocenters. The minimum atomic E-state index is 0.490. The second-order valence-corrected chi connectivity index (χ2v) is 5.03. The first-order valence-corrected chi connectivity index (χ1v) is 6.24. The highest BCUT2D eigenvalue weighted by atomic mass is 35.5. The van der Waals surface area contributed by atoms with E-state index in [1.807, 2.05) is 0 Å². The average molecular weight is 228 g/mol. The van der Waals surface area contributed by atoms with Crippen LogP contribution in [0.1, 0.15) is 50.4 Å². The zero-order valence-electron chi connectivity index (χ0n) is 9.41. The maximum Gasteiger partial charge on any atom is 0.101 e. The Morgan fingerprint density at radius 3 is 2.67 bits per heavy atom. The Morgan fingerprint density at radius 2 is 2.20 bits per heavy atom. The van der Waals surface area contributed by atoms with Crippen molar-refractivity contribution in [3.05, 3.63) is 11.4 Å².